The molecule has 0 aliphatic carbocycles. The molecule has 23 heavy (non-hydrogen) atoms. The van der Waals surface area contributed by atoms with Gasteiger partial charge in [0.2, 0.25) is 0 Å². The molecule has 0 aromatic heterocycles. The van der Waals surface area contributed by atoms with E-state index in [9.17, 15) is 18.0 Å². The summed E-state index contributed by atoms with van der Waals surface area (Å²) < 4.78 is 39.8. The summed E-state index contributed by atoms with van der Waals surface area (Å²) in [5, 5.41) is 3.31. The fraction of sp³-hybridized carbons (Fsp3) is 0.0625. The molecule has 0 bridgehead atoms. The quantitative estimate of drug-likeness (QED) is 0.611. The highest BCUT2D eigenvalue weighted by molar-refractivity contribution is 6.30. The van der Waals surface area contributed by atoms with E-state index in [2.05, 4.69) is 10.1 Å². The van der Waals surface area contributed by atoms with Gasteiger partial charge in [0.25, 0.3) is 0 Å². The number of hydrogen-bond donors (Lipinski definition) is 1. The van der Waals surface area contributed by atoms with Crippen LogP contribution in [0, 0.1) is 0 Å². The second-order valence-electron chi connectivity index (χ2n) is 4.42. The first kappa shape index (κ1) is 16.9. The molecule has 0 amide bonds. The fourth-order valence-electron chi connectivity index (χ4n) is 1.68. The van der Waals surface area contributed by atoms with Crippen molar-refractivity contribution in [3.8, 4) is 5.75 Å². The van der Waals surface area contributed by atoms with E-state index < -0.39 is 6.36 Å². The van der Waals surface area contributed by atoms with Gasteiger partial charge in [-0.1, -0.05) is 11.6 Å². The predicted octanol–water partition coefficient (Wildman–Crippen LogP) is 5.05. The molecule has 0 aliphatic rings. The molecule has 0 saturated carbocycles. The predicted molar refractivity (Wildman–Crippen MR) is 81.7 cm³/mol. The number of benzene rings is 2. The van der Waals surface area contributed by atoms with Crippen LogP contribution in [0.25, 0.3) is 0 Å². The molecule has 0 atom stereocenters. The second kappa shape index (κ2) is 7.19. The summed E-state index contributed by atoms with van der Waals surface area (Å²) in [6.07, 6.45) is -2.01. The van der Waals surface area contributed by atoms with Crippen molar-refractivity contribution in [2.75, 3.05) is 5.32 Å². The van der Waals surface area contributed by atoms with Crippen LogP contribution in [0.2, 0.25) is 5.02 Å². The maximum atomic E-state index is 12.0. The van der Waals surface area contributed by atoms with Crippen molar-refractivity contribution in [3.05, 3.63) is 71.4 Å². The lowest BCUT2D eigenvalue weighted by Gasteiger charge is -2.09. The summed E-state index contributed by atoms with van der Waals surface area (Å²) in [7, 11) is 0. The number of carbonyl (C=O) groups excluding carboxylic acids is 1. The summed E-state index contributed by atoms with van der Waals surface area (Å²) in [5.41, 5.74) is 0.987. The Hall–Kier alpha value is -2.47. The van der Waals surface area contributed by atoms with Crippen molar-refractivity contribution >= 4 is 23.1 Å². The molecule has 0 fully saturated rings. The Kier molecular flexibility index (Phi) is 5.28. The largest absolute Gasteiger partial charge is 0.573 e. The third kappa shape index (κ3) is 5.67. The highest BCUT2D eigenvalue weighted by atomic mass is 35.5. The Balaban J connectivity index is 1.92. The van der Waals surface area contributed by atoms with Crippen molar-refractivity contribution in [2.24, 2.45) is 0 Å². The maximum absolute atomic E-state index is 12.0. The molecule has 0 saturated heterocycles. The van der Waals surface area contributed by atoms with Gasteiger partial charge in [0.15, 0.2) is 5.78 Å². The monoisotopic (exact) mass is 341 g/mol. The first-order chi connectivity index (χ1) is 10.8. The third-order valence-electron chi connectivity index (χ3n) is 2.70. The zero-order valence-corrected chi connectivity index (χ0v) is 12.4. The number of alkyl halides is 3. The molecule has 0 unspecified atom stereocenters. The Morgan fingerprint density at radius 1 is 1.04 bits per heavy atom. The van der Waals surface area contributed by atoms with Crippen molar-refractivity contribution in [1.82, 2.24) is 0 Å². The highest BCUT2D eigenvalue weighted by Gasteiger charge is 2.30. The number of nitrogens with one attached hydrogen (secondary N) is 1. The van der Waals surface area contributed by atoms with Gasteiger partial charge in [-0.05, 0) is 48.5 Å². The van der Waals surface area contributed by atoms with Gasteiger partial charge in [0.05, 0.1) is 0 Å². The molecule has 7 heteroatoms. The van der Waals surface area contributed by atoms with Crippen LogP contribution in [-0.4, -0.2) is 12.1 Å². The van der Waals surface area contributed by atoms with Crippen LogP contribution in [0.1, 0.15) is 10.4 Å². The van der Waals surface area contributed by atoms with Gasteiger partial charge in [-0.25, -0.2) is 0 Å². The van der Waals surface area contributed by atoms with E-state index in [1.807, 2.05) is 0 Å². The molecule has 0 spiro atoms. The van der Waals surface area contributed by atoms with Crippen molar-refractivity contribution in [1.29, 1.82) is 0 Å². The number of halogens is 4. The van der Waals surface area contributed by atoms with Gasteiger partial charge < -0.3 is 10.1 Å². The van der Waals surface area contributed by atoms with Crippen molar-refractivity contribution in [2.45, 2.75) is 6.36 Å². The van der Waals surface area contributed by atoms with E-state index in [1.54, 1.807) is 24.3 Å². The molecular weight excluding hydrogens is 331 g/mol. The standard InChI is InChI=1S/C16H11ClF3NO2/c17-12-3-1-11(2-4-12)15(22)9-10-21-13-5-7-14(8-6-13)23-16(18,19)20/h1-10,21H. The minimum absolute atomic E-state index is 0.230. The fourth-order valence-corrected chi connectivity index (χ4v) is 1.80. The SMILES string of the molecule is O=C(C=CNc1ccc(OC(F)(F)F)cc1)c1ccc(Cl)cc1. The Morgan fingerprint density at radius 3 is 2.22 bits per heavy atom. The van der Waals surface area contributed by atoms with Crippen LogP contribution in [-0.2, 0) is 0 Å². The normalized spacial score (nSPS) is 11.5. The second-order valence-corrected chi connectivity index (χ2v) is 4.86. The minimum Gasteiger partial charge on any atom is -0.406 e. The third-order valence-corrected chi connectivity index (χ3v) is 2.95. The summed E-state index contributed by atoms with van der Waals surface area (Å²) in [6.45, 7) is 0. The highest BCUT2D eigenvalue weighted by Crippen LogP contribution is 2.23. The molecule has 0 radical (unpaired) electrons. The number of carbonyl (C=O) groups is 1. The van der Waals surface area contributed by atoms with Crippen LogP contribution in [0.4, 0.5) is 18.9 Å². The molecule has 0 heterocycles. The lowest BCUT2D eigenvalue weighted by molar-refractivity contribution is -0.274. The summed E-state index contributed by atoms with van der Waals surface area (Å²) in [5.74, 6) is -0.546. The van der Waals surface area contributed by atoms with Gasteiger partial charge >= 0.3 is 6.36 Å². The smallest absolute Gasteiger partial charge is 0.406 e. The lowest BCUT2D eigenvalue weighted by atomic mass is 10.1. The molecule has 120 valence electrons. The zero-order chi connectivity index (χ0) is 16.9. The summed E-state index contributed by atoms with van der Waals surface area (Å²) in [6, 6.07) is 11.5. The van der Waals surface area contributed by atoms with Crippen molar-refractivity contribution < 1.29 is 22.7 Å². The van der Waals surface area contributed by atoms with Gasteiger partial charge in [-0.2, -0.15) is 0 Å². The van der Waals surface area contributed by atoms with E-state index in [4.69, 9.17) is 11.6 Å². The van der Waals surface area contributed by atoms with E-state index in [0.717, 1.165) is 0 Å². The molecule has 0 aliphatic heterocycles. The maximum Gasteiger partial charge on any atom is 0.573 e. The number of anilines is 1. The average Bonchev–Trinajstić information content (AvgIpc) is 2.48. The number of ketones is 1. The summed E-state index contributed by atoms with van der Waals surface area (Å²) in [4.78, 5) is 11.8. The van der Waals surface area contributed by atoms with Crippen LogP contribution >= 0.6 is 11.6 Å². The summed E-state index contributed by atoms with van der Waals surface area (Å²) >= 11 is 5.73. The number of rotatable bonds is 5. The van der Waals surface area contributed by atoms with E-state index in [1.165, 1.54) is 36.5 Å². The molecule has 2 aromatic rings. The lowest BCUT2D eigenvalue weighted by Crippen LogP contribution is -2.16. The van der Waals surface area contributed by atoms with E-state index in [0.29, 0.717) is 16.3 Å². The number of allylic oxidation sites excluding steroid dienone is 1. The Labute approximate surface area is 135 Å². The molecule has 2 aromatic carbocycles. The van der Waals surface area contributed by atoms with Crippen molar-refractivity contribution in [3.63, 3.8) is 0 Å². The van der Waals surface area contributed by atoms with Gasteiger partial charge in [0, 0.05) is 28.5 Å². The molecule has 2 rings (SSSR count). The molecular formula is C16H11ClF3NO2. The van der Waals surface area contributed by atoms with E-state index >= 15 is 0 Å². The van der Waals surface area contributed by atoms with E-state index in [-0.39, 0.29) is 11.5 Å². The topological polar surface area (TPSA) is 38.3 Å². The molecule has 3 nitrogen and oxygen atoms in total. The number of ether oxygens (including phenoxy) is 1. The Bertz CT molecular complexity index is 695. The van der Waals surface area contributed by atoms with Gasteiger partial charge in [-0.15, -0.1) is 13.2 Å². The first-order valence-corrected chi connectivity index (χ1v) is 6.80. The number of hydrogen-bond acceptors (Lipinski definition) is 3. The van der Waals surface area contributed by atoms with Crippen LogP contribution in [0.5, 0.6) is 5.75 Å². The minimum atomic E-state index is -4.72. The van der Waals surface area contributed by atoms with Gasteiger partial charge in [0.1, 0.15) is 5.75 Å². The Morgan fingerprint density at radius 2 is 1.65 bits per heavy atom. The zero-order valence-electron chi connectivity index (χ0n) is 11.6. The van der Waals surface area contributed by atoms with Gasteiger partial charge in [-0.3, -0.25) is 4.79 Å². The first-order valence-electron chi connectivity index (χ1n) is 6.42. The molecule has 1 N–H and O–H groups in total. The van der Waals surface area contributed by atoms with Crippen LogP contribution < -0.4 is 10.1 Å². The average molecular weight is 342 g/mol. The van der Waals surface area contributed by atoms with Crippen LogP contribution in [0.15, 0.2) is 60.8 Å². The van der Waals surface area contributed by atoms with Crippen LogP contribution in [0.3, 0.4) is 0 Å².